The second-order valence-electron chi connectivity index (χ2n) is 8.02. The Morgan fingerprint density at radius 2 is 1.85 bits per heavy atom. The molecule has 0 radical (unpaired) electrons. The van der Waals surface area contributed by atoms with E-state index in [4.69, 9.17) is 14.6 Å². The van der Waals surface area contributed by atoms with Crippen molar-refractivity contribution in [2.45, 2.75) is 19.8 Å². The topological polar surface area (TPSA) is 53.4 Å². The van der Waals surface area contributed by atoms with Gasteiger partial charge in [-0.25, -0.2) is 4.68 Å². The van der Waals surface area contributed by atoms with Crippen molar-refractivity contribution < 1.29 is 14.3 Å². The minimum Gasteiger partial charge on any atom is -0.494 e. The standard InChI is InChI=1S/C28H23BrN2O3/c1-2-3-15-33-23-12-9-19(10-13-23)27-20(18-31(30-27)22-7-5-4-6-8-22)16-26-28(32)24-17-21(29)11-14-25(24)34-26/h4-14,16-18H,2-3,15H2,1H3/b26-16-. The summed E-state index contributed by atoms with van der Waals surface area (Å²) in [5, 5.41) is 4.84. The third-order valence-corrected chi connectivity index (χ3v) is 6.07. The van der Waals surface area contributed by atoms with E-state index in [0.717, 1.165) is 45.6 Å². The van der Waals surface area contributed by atoms with Crippen molar-refractivity contribution >= 4 is 27.8 Å². The van der Waals surface area contributed by atoms with Gasteiger partial charge in [0.05, 0.1) is 17.9 Å². The number of para-hydroxylation sites is 1. The summed E-state index contributed by atoms with van der Waals surface area (Å²) in [6.45, 7) is 2.84. The molecule has 2 heterocycles. The number of nitrogens with zero attached hydrogens (tertiary/aromatic N) is 2. The Labute approximate surface area is 206 Å². The molecule has 0 bridgehead atoms. The van der Waals surface area contributed by atoms with Crippen LogP contribution >= 0.6 is 15.9 Å². The van der Waals surface area contributed by atoms with E-state index in [-0.39, 0.29) is 11.5 Å². The van der Waals surface area contributed by atoms with Crippen molar-refractivity contribution in [3.05, 3.63) is 100 Å². The number of rotatable bonds is 7. The summed E-state index contributed by atoms with van der Waals surface area (Å²) in [7, 11) is 0. The van der Waals surface area contributed by atoms with Crippen LogP contribution in [0, 0.1) is 0 Å². The van der Waals surface area contributed by atoms with Crippen molar-refractivity contribution in [2.24, 2.45) is 0 Å². The second-order valence-corrected chi connectivity index (χ2v) is 8.94. The summed E-state index contributed by atoms with van der Waals surface area (Å²) in [4.78, 5) is 13.0. The summed E-state index contributed by atoms with van der Waals surface area (Å²) in [6.07, 6.45) is 5.80. The molecule has 170 valence electrons. The van der Waals surface area contributed by atoms with E-state index < -0.39 is 0 Å². The molecule has 0 aliphatic carbocycles. The van der Waals surface area contributed by atoms with Gasteiger partial charge in [0.25, 0.3) is 0 Å². The molecule has 0 spiro atoms. The Kier molecular flexibility index (Phi) is 6.32. The number of ketones is 1. The van der Waals surface area contributed by atoms with Crippen molar-refractivity contribution in [1.82, 2.24) is 9.78 Å². The molecule has 1 aliphatic rings. The van der Waals surface area contributed by atoms with Crippen LogP contribution in [0.15, 0.2) is 89.2 Å². The van der Waals surface area contributed by atoms with Crippen LogP contribution in [-0.2, 0) is 0 Å². The smallest absolute Gasteiger partial charge is 0.232 e. The van der Waals surface area contributed by atoms with Crippen LogP contribution in [0.1, 0.15) is 35.7 Å². The monoisotopic (exact) mass is 514 g/mol. The number of Topliss-reactive ketones (excluding diaryl/α,β-unsaturated/α-hetero) is 1. The molecule has 1 aliphatic heterocycles. The molecule has 4 aromatic rings. The quantitative estimate of drug-likeness (QED) is 0.195. The highest BCUT2D eigenvalue weighted by Gasteiger charge is 2.28. The van der Waals surface area contributed by atoms with Gasteiger partial charge in [0, 0.05) is 21.8 Å². The van der Waals surface area contributed by atoms with E-state index in [0.29, 0.717) is 17.9 Å². The Hall–Kier alpha value is -3.64. The van der Waals surface area contributed by atoms with E-state index in [2.05, 4.69) is 22.9 Å². The molecular weight excluding hydrogens is 492 g/mol. The minimum atomic E-state index is -0.144. The molecular formula is C28H23BrN2O3. The summed E-state index contributed by atoms with van der Waals surface area (Å²) in [5.74, 6) is 1.52. The number of ether oxygens (including phenoxy) is 2. The predicted octanol–water partition coefficient (Wildman–Crippen LogP) is 7.10. The first-order chi connectivity index (χ1) is 16.6. The Morgan fingerprint density at radius 1 is 1.06 bits per heavy atom. The fourth-order valence-corrected chi connectivity index (χ4v) is 4.14. The predicted molar refractivity (Wildman–Crippen MR) is 136 cm³/mol. The van der Waals surface area contributed by atoms with Gasteiger partial charge >= 0.3 is 0 Å². The number of carbonyl (C=O) groups excluding carboxylic acids is 1. The fourth-order valence-electron chi connectivity index (χ4n) is 3.78. The molecule has 0 saturated heterocycles. The first kappa shape index (κ1) is 22.2. The van der Waals surface area contributed by atoms with Crippen molar-refractivity contribution in [3.63, 3.8) is 0 Å². The SMILES string of the molecule is CCCCOc1ccc(-c2nn(-c3ccccc3)cc2/C=C2\Oc3ccc(Br)cc3C2=O)cc1. The molecule has 5 rings (SSSR count). The fraction of sp³-hybridized carbons (Fsp3) is 0.143. The van der Waals surface area contributed by atoms with Crippen LogP contribution in [0.2, 0.25) is 0 Å². The van der Waals surface area contributed by atoms with Crippen LogP contribution in [-0.4, -0.2) is 22.2 Å². The molecule has 0 unspecified atom stereocenters. The number of benzene rings is 3. The maximum absolute atomic E-state index is 13.0. The van der Waals surface area contributed by atoms with E-state index in [9.17, 15) is 4.79 Å². The van der Waals surface area contributed by atoms with Crippen LogP contribution in [0.3, 0.4) is 0 Å². The molecule has 1 aromatic heterocycles. The molecule has 6 heteroatoms. The molecule has 3 aromatic carbocycles. The Balaban J connectivity index is 1.52. The minimum absolute atomic E-state index is 0.144. The molecule has 0 amide bonds. The lowest BCUT2D eigenvalue weighted by atomic mass is 10.1. The zero-order valence-corrected chi connectivity index (χ0v) is 20.3. The highest BCUT2D eigenvalue weighted by Crippen LogP contribution is 2.35. The summed E-state index contributed by atoms with van der Waals surface area (Å²) in [6, 6.07) is 23.2. The summed E-state index contributed by atoms with van der Waals surface area (Å²) < 4.78 is 14.3. The lowest BCUT2D eigenvalue weighted by molar-refractivity contribution is 0.101. The number of halogens is 1. The molecule has 0 fully saturated rings. The van der Waals surface area contributed by atoms with Gasteiger partial charge in [-0.15, -0.1) is 0 Å². The molecule has 5 nitrogen and oxygen atoms in total. The molecule has 0 atom stereocenters. The van der Waals surface area contributed by atoms with Gasteiger partial charge in [-0.3, -0.25) is 4.79 Å². The summed E-state index contributed by atoms with van der Waals surface area (Å²) in [5.41, 5.74) is 3.95. The average molecular weight is 515 g/mol. The number of carbonyl (C=O) groups is 1. The van der Waals surface area contributed by atoms with Gasteiger partial charge in [-0.05, 0) is 67.1 Å². The van der Waals surface area contributed by atoms with Crippen LogP contribution < -0.4 is 9.47 Å². The molecule has 0 saturated carbocycles. The van der Waals surface area contributed by atoms with Gasteiger partial charge in [0.1, 0.15) is 17.2 Å². The first-order valence-electron chi connectivity index (χ1n) is 11.2. The first-order valence-corrected chi connectivity index (χ1v) is 12.0. The lowest BCUT2D eigenvalue weighted by Crippen LogP contribution is -1.98. The normalized spacial score (nSPS) is 13.7. The van der Waals surface area contributed by atoms with Crippen molar-refractivity contribution in [1.29, 1.82) is 0 Å². The average Bonchev–Trinajstić information content (AvgIpc) is 3.42. The zero-order chi connectivity index (χ0) is 23.5. The maximum atomic E-state index is 13.0. The van der Waals surface area contributed by atoms with Crippen LogP contribution in [0.4, 0.5) is 0 Å². The van der Waals surface area contributed by atoms with Gasteiger partial charge in [0.2, 0.25) is 5.78 Å². The lowest BCUT2D eigenvalue weighted by Gasteiger charge is -2.06. The van der Waals surface area contributed by atoms with E-state index in [1.165, 1.54) is 0 Å². The number of aromatic nitrogens is 2. The number of hydrogen-bond acceptors (Lipinski definition) is 4. The van der Waals surface area contributed by atoms with Gasteiger partial charge in [0.15, 0.2) is 5.76 Å². The van der Waals surface area contributed by atoms with E-state index in [1.807, 2.05) is 71.5 Å². The van der Waals surface area contributed by atoms with E-state index >= 15 is 0 Å². The Bertz CT molecular complexity index is 1360. The third kappa shape index (κ3) is 4.54. The number of allylic oxidation sites excluding steroid dienone is 1. The van der Waals surface area contributed by atoms with E-state index in [1.54, 1.807) is 18.2 Å². The zero-order valence-electron chi connectivity index (χ0n) is 18.7. The van der Waals surface area contributed by atoms with Crippen molar-refractivity contribution in [3.8, 4) is 28.4 Å². The summed E-state index contributed by atoms with van der Waals surface area (Å²) >= 11 is 3.43. The van der Waals surface area contributed by atoms with Gasteiger partial charge < -0.3 is 9.47 Å². The number of unbranched alkanes of at least 4 members (excludes halogenated alkanes) is 1. The maximum Gasteiger partial charge on any atom is 0.232 e. The second kappa shape index (κ2) is 9.69. The third-order valence-electron chi connectivity index (χ3n) is 5.57. The van der Waals surface area contributed by atoms with Gasteiger partial charge in [-0.1, -0.05) is 47.5 Å². The van der Waals surface area contributed by atoms with Gasteiger partial charge in [-0.2, -0.15) is 5.10 Å². The Morgan fingerprint density at radius 3 is 2.62 bits per heavy atom. The highest BCUT2D eigenvalue weighted by molar-refractivity contribution is 9.10. The number of fused-ring (bicyclic) bond motifs is 1. The number of hydrogen-bond donors (Lipinski definition) is 0. The van der Waals surface area contributed by atoms with Crippen LogP contribution in [0.25, 0.3) is 23.0 Å². The highest BCUT2D eigenvalue weighted by atomic mass is 79.9. The molecule has 0 N–H and O–H groups in total. The molecule has 34 heavy (non-hydrogen) atoms. The van der Waals surface area contributed by atoms with Crippen molar-refractivity contribution in [2.75, 3.05) is 6.61 Å². The van der Waals surface area contributed by atoms with Crippen LogP contribution in [0.5, 0.6) is 11.5 Å². The largest absolute Gasteiger partial charge is 0.494 e.